The van der Waals surface area contributed by atoms with Crippen LogP contribution in [0.15, 0.2) is 18.2 Å². The van der Waals surface area contributed by atoms with Gasteiger partial charge in [-0.25, -0.2) is 0 Å². The molecule has 0 fully saturated rings. The van der Waals surface area contributed by atoms with Crippen molar-refractivity contribution in [2.75, 3.05) is 0 Å². The van der Waals surface area contributed by atoms with Crippen molar-refractivity contribution in [2.24, 2.45) is 0 Å². The fourth-order valence-electron chi connectivity index (χ4n) is 0.933. The van der Waals surface area contributed by atoms with Gasteiger partial charge in [-0.15, -0.1) is 0 Å². The van der Waals surface area contributed by atoms with Gasteiger partial charge in [0, 0.05) is 17.2 Å². The van der Waals surface area contributed by atoms with E-state index in [1.165, 1.54) is 19.1 Å². The molecule has 0 saturated heterocycles. The number of aryl methyl sites for hydroxylation is 1. The number of hydrogen-bond acceptors (Lipinski definition) is 4. The zero-order valence-corrected chi connectivity index (χ0v) is 7.81. The fourth-order valence-corrected chi connectivity index (χ4v) is 0.933. The molecule has 0 aromatic heterocycles. The molecule has 5 nitrogen and oxygen atoms in total. The largest absolute Gasteiger partial charge is 1.00 e. The van der Waals surface area contributed by atoms with E-state index >= 15 is 0 Å². The summed E-state index contributed by atoms with van der Waals surface area (Å²) in [5.41, 5.74) is 0.0361. The molecular formula is C8H6LiNO4. The van der Waals surface area contributed by atoms with Crippen LogP contribution in [0.25, 0.3) is 0 Å². The number of carbonyl (C=O) groups excluding carboxylic acids is 1. The normalized spacial score (nSPS) is 8.93. The fraction of sp³-hybridized carbons (Fsp3) is 0.125. The standard InChI is InChI=1S/C8H7NO4.Li/c1-5-2-3-6(8(10)11)4-7(5)9(12)13;/h2-4H,1H3,(H,10,11);/q;+1/p-1. The molecule has 6 heteroatoms. The molecule has 0 aliphatic carbocycles. The molecule has 0 bridgehead atoms. The van der Waals surface area contributed by atoms with Crippen molar-refractivity contribution in [3.05, 3.63) is 39.4 Å². The number of benzene rings is 1. The number of rotatable bonds is 2. The molecule has 0 unspecified atom stereocenters. The third-order valence-electron chi connectivity index (χ3n) is 1.64. The van der Waals surface area contributed by atoms with E-state index < -0.39 is 10.9 Å². The van der Waals surface area contributed by atoms with Gasteiger partial charge < -0.3 is 9.90 Å². The number of carboxylic acids is 1. The van der Waals surface area contributed by atoms with E-state index in [9.17, 15) is 20.0 Å². The minimum atomic E-state index is -1.41. The summed E-state index contributed by atoms with van der Waals surface area (Å²) < 4.78 is 0. The van der Waals surface area contributed by atoms with Gasteiger partial charge in [0.05, 0.1) is 10.9 Å². The van der Waals surface area contributed by atoms with Crippen LogP contribution >= 0.6 is 0 Å². The van der Waals surface area contributed by atoms with Crippen LogP contribution in [-0.2, 0) is 0 Å². The Morgan fingerprint density at radius 2 is 2.00 bits per heavy atom. The predicted molar refractivity (Wildman–Crippen MR) is 42.2 cm³/mol. The van der Waals surface area contributed by atoms with E-state index in [-0.39, 0.29) is 30.1 Å². The first kappa shape index (κ1) is 12.7. The summed E-state index contributed by atoms with van der Waals surface area (Å²) in [4.78, 5) is 20.1. The van der Waals surface area contributed by atoms with Crippen molar-refractivity contribution in [1.29, 1.82) is 0 Å². The summed E-state index contributed by atoms with van der Waals surface area (Å²) in [6.45, 7) is 1.54. The number of hydrogen-bond donors (Lipinski definition) is 0. The van der Waals surface area contributed by atoms with E-state index in [0.29, 0.717) is 5.56 Å². The Bertz CT molecular complexity index is 378. The monoisotopic (exact) mass is 187 g/mol. The molecule has 1 aromatic carbocycles. The molecule has 0 aliphatic rings. The Morgan fingerprint density at radius 3 is 2.43 bits per heavy atom. The van der Waals surface area contributed by atoms with E-state index in [4.69, 9.17) is 0 Å². The number of nitro groups is 1. The van der Waals surface area contributed by atoms with Crippen molar-refractivity contribution < 1.29 is 33.7 Å². The van der Waals surface area contributed by atoms with Crippen molar-refractivity contribution in [3.8, 4) is 0 Å². The Morgan fingerprint density at radius 1 is 1.43 bits per heavy atom. The zero-order chi connectivity index (χ0) is 10.0. The molecular weight excluding hydrogens is 181 g/mol. The van der Waals surface area contributed by atoms with Crippen molar-refractivity contribution >= 4 is 11.7 Å². The van der Waals surface area contributed by atoms with Crippen LogP contribution in [0.1, 0.15) is 15.9 Å². The number of aromatic carboxylic acids is 1. The first-order chi connectivity index (χ1) is 6.02. The first-order valence-electron chi connectivity index (χ1n) is 3.49. The third kappa shape index (κ3) is 2.59. The van der Waals surface area contributed by atoms with Gasteiger partial charge in [-0.1, -0.05) is 12.1 Å². The van der Waals surface area contributed by atoms with Crippen molar-refractivity contribution in [3.63, 3.8) is 0 Å². The maximum atomic E-state index is 10.4. The molecule has 0 spiro atoms. The number of nitro benzene ring substituents is 1. The minimum absolute atomic E-state index is 0. The summed E-state index contributed by atoms with van der Waals surface area (Å²) in [5.74, 6) is -1.41. The van der Waals surface area contributed by atoms with Crippen molar-refractivity contribution in [1.82, 2.24) is 0 Å². The average molecular weight is 187 g/mol. The van der Waals surface area contributed by atoms with Crippen LogP contribution in [0, 0.1) is 17.0 Å². The summed E-state index contributed by atoms with van der Waals surface area (Å²) in [7, 11) is 0. The second kappa shape index (κ2) is 4.79. The molecule has 0 aliphatic heterocycles. The Kier molecular flexibility index (Phi) is 4.34. The third-order valence-corrected chi connectivity index (χ3v) is 1.64. The summed E-state index contributed by atoms with van der Waals surface area (Å²) in [5, 5.41) is 20.7. The smallest absolute Gasteiger partial charge is 0.545 e. The Hall–Kier alpha value is -1.31. The van der Waals surface area contributed by atoms with Crippen LogP contribution in [0.2, 0.25) is 0 Å². The van der Waals surface area contributed by atoms with Gasteiger partial charge in [0.15, 0.2) is 0 Å². The average Bonchev–Trinajstić information content (AvgIpc) is 2.04. The Balaban J connectivity index is 0.00000169. The molecule has 0 amide bonds. The zero-order valence-electron chi connectivity index (χ0n) is 7.81. The van der Waals surface area contributed by atoms with Gasteiger partial charge in [0.2, 0.25) is 0 Å². The second-order valence-electron chi connectivity index (χ2n) is 2.55. The summed E-state index contributed by atoms with van der Waals surface area (Å²) in [6.07, 6.45) is 0. The second-order valence-corrected chi connectivity index (χ2v) is 2.55. The minimum Gasteiger partial charge on any atom is -0.545 e. The van der Waals surface area contributed by atoms with Crippen LogP contribution in [0.3, 0.4) is 0 Å². The molecule has 1 rings (SSSR count). The molecule has 0 saturated carbocycles. The maximum Gasteiger partial charge on any atom is 1.00 e. The summed E-state index contributed by atoms with van der Waals surface area (Å²) >= 11 is 0. The molecule has 0 radical (unpaired) electrons. The molecule has 68 valence electrons. The number of carbonyl (C=O) groups is 1. The van der Waals surface area contributed by atoms with Crippen molar-refractivity contribution in [2.45, 2.75) is 6.92 Å². The van der Waals surface area contributed by atoms with Gasteiger partial charge >= 0.3 is 18.9 Å². The quantitative estimate of drug-likeness (QED) is 0.286. The maximum absolute atomic E-state index is 10.4. The Labute approximate surface area is 92.1 Å². The number of nitrogens with zero attached hydrogens (tertiary/aromatic N) is 1. The van der Waals surface area contributed by atoms with E-state index in [0.717, 1.165) is 6.07 Å². The molecule has 0 heterocycles. The predicted octanol–water partition coefficient (Wildman–Crippen LogP) is -2.73. The van der Waals surface area contributed by atoms with Gasteiger partial charge in [-0.05, 0) is 6.92 Å². The van der Waals surface area contributed by atoms with Gasteiger partial charge in [-0.3, -0.25) is 10.1 Å². The first-order valence-corrected chi connectivity index (χ1v) is 3.49. The van der Waals surface area contributed by atoms with E-state index in [2.05, 4.69) is 0 Å². The van der Waals surface area contributed by atoms with Crippen LogP contribution < -0.4 is 24.0 Å². The van der Waals surface area contributed by atoms with Crippen LogP contribution in [0.4, 0.5) is 5.69 Å². The van der Waals surface area contributed by atoms with Gasteiger partial charge in [-0.2, -0.15) is 0 Å². The number of carboxylic acid groups (broad SMARTS) is 1. The van der Waals surface area contributed by atoms with Crippen LogP contribution in [0.5, 0.6) is 0 Å². The van der Waals surface area contributed by atoms with Gasteiger partial charge in [0.25, 0.3) is 5.69 Å². The topological polar surface area (TPSA) is 83.3 Å². The van der Waals surface area contributed by atoms with E-state index in [1.54, 1.807) is 0 Å². The van der Waals surface area contributed by atoms with Crippen LogP contribution in [-0.4, -0.2) is 10.9 Å². The SMILES string of the molecule is Cc1ccc(C(=O)[O-])cc1[N+](=O)[O-].[Li+]. The molecule has 0 N–H and O–H groups in total. The molecule has 14 heavy (non-hydrogen) atoms. The summed E-state index contributed by atoms with van der Waals surface area (Å²) in [6, 6.07) is 3.64. The van der Waals surface area contributed by atoms with E-state index in [1.807, 2.05) is 0 Å². The molecule has 1 aromatic rings. The van der Waals surface area contributed by atoms with Gasteiger partial charge in [0.1, 0.15) is 0 Å². The molecule has 0 atom stereocenters.